The molecule has 0 radical (unpaired) electrons. The molecular formula is C16H18N2O3. The zero-order valence-corrected chi connectivity index (χ0v) is 11.8. The Balaban J connectivity index is 2.01. The number of carboxylic acid groups (broad SMARTS) is 1. The Labute approximate surface area is 123 Å². The highest BCUT2D eigenvalue weighted by Crippen LogP contribution is 2.18. The minimum atomic E-state index is -1.05. The molecule has 3 N–H and O–H groups in total. The number of hydrogen-bond donors (Lipinski definition) is 3. The van der Waals surface area contributed by atoms with E-state index in [2.05, 4.69) is 10.6 Å². The van der Waals surface area contributed by atoms with Crippen LogP contribution in [0.25, 0.3) is 10.8 Å². The topological polar surface area (TPSA) is 78.4 Å². The van der Waals surface area contributed by atoms with Crippen LogP contribution in [0.4, 0.5) is 0 Å². The van der Waals surface area contributed by atoms with Gasteiger partial charge in [-0.3, -0.25) is 4.79 Å². The van der Waals surface area contributed by atoms with Gasteiger partial charge in [0.15, 0.2) is 0 Å². The molecule has 5 heteroatoms. The minimum absolute atomic E-state index is 0.179. The number of amides is 1. The van der Waals surface area contributed by atoms with Crippen LogP contribution in [-0.2, 0) is 16.1 Å². The Morgan fingerprint density at radius 3 is 2.57 bits per heavy atom. The van der Waals surface area contributed by atoms with Gasteiger partial charge >= 0.3 is 5.97 Å². The van der Waals surface area contributed by atoms with Crippen molar-refractivity contribution in [2.75, 3.05) is 6.54 Å². The fourth-order valence-corrected chi connectivity index (χ4v) is 2.24. The van der Waals surface area contributed by atoms with Crippen molar-refractivity contribution in [2.24, 2.45) is 0 Å². The van der Waals surface area contributed by atoms with E-state index in [1.54, 1.807) is 0 Å². The quantitative estimate of drug-likeness (QED) is 0.752. The second-order valence-electron chi connectivity index (χ2n) is 4.86. The zero-order chi connectivity index (χ0) is 15.2. The van der Waals surface area contributed by atoms with Gasteiger partial charge in [0.1, 0.15) is 6.04 Å². The Hall–Kier alpha value is -2.40. The summed E-state index contributed by atoms with van der Waals surface area (Å²) in [4.78, 5) is 22.0. The summed E-state index contributed by atoms with van der Waals surface area (Å²) >= 11 is 0. The van der Waals surface area contributed by atoms with Crippen molar-refractivity contribution in [3.63, 3.8) is 0 Å². The Bertz CT molecular complexity index is 650. The van der Waals surface area contributed by atoms with E-state index in [1.807, 2.05) is 42.5 Å². The van der Waals surface area contributed by atoms with Crippen LogP contribution in [-0.4, -0.2) is 29.6 Å². The van der Waals surface area contributed by atoms with Crippen molar-refractivity contribution in [3.05, 3.63) is 48.0 Å². The van der Waals surface area contributed by atoms with Crippen molar-refractivity contribution < 1.29 is 14.7 Å². The van der Waals surface area contributed by atoms with Crippen LogP contribution in [0.15, 0.2) is 42.5 Å². The van der Waals surface area contributed by atoms with Crippen LogP contribution in [0.2, 0.25) is 0 Å². The number of carbonyl (C=O) groups is 2. The maximum Gasteiger partial charge on any atom is 0.327 e. The first kappa shape index (κ1) is 15.0. The van der Waals surface area contributed by atoms with E-state index in [4.69, 9.17) is 5.11 Å². The molecule has 110 valence electrons. The van der Waals surface area contributed by atoms with Crippen LogP contribution < -0.4 is 10.6 Å². The highest BCUT2D eigenvalue weighted by molar-refractivity contribution is 5.85. The lowest BCUT2D eigenvalue weighted by molar-refractivity contribution is -0.141. The molecule has 5 nitrogen and oxygen atoms in total. The van der Waals surface area contributed by atoms with Crippen LogP contribution in [0, 0.1) is 0 Å². The van der Waals surface area contributed by atoms with Crippen LogP contribution in [0.3, 0.4) is 0 Å². The van der Waals surface area contributed by atoms with Gasteiger partial charge in [0.25, 0.3) is 0 Å². The van der Waals surface area contributed by atoms with Crippen molar-refractivity contribution in [1.29, 1.82) is 0 Å². The van der Waals surface area contributed by atoms with E-state index in [1.165, 1.54) is 6.92 Å². The maximum absolute atomic E-state index is 11.0. The number of carbonyl (C=O) groups excluding carboxylic acids is 1. The molecule has 0 aliphatic rings. The average molecular weight is 286 g/mol. The first-order chi connectivity index (χ1) is 10.1. The van der Waals surface area contributed by atoms with Crippen molar-refractivity contribution in [2.45, 2.75) is 19.5 Å². The van der Waals surface area contributed by atoms with E-state index < -0.39 is 12.0 Å². The average Bonchev–Trinajstić information content (AvgIpc) is 2.46. The number of nitrogens with one attached hydrogen (secondary N) is 2. The molecule has 1 amide bonds. The molecule has 2 rings (SSSR count). The Morgan fingerprint density at radius 2 is 1.86 bits per heavy atom. The van der Waals surface area contributed by atoms with Gasteiger partial charge in [-0.25, -0.2) is 4.79 Å². The third-order valence-corrected chi connectivity index (χ3v) is 3.22. The standard InChI is InChI=1S/C16H18N2O3/c1-11(19)18-15(16(20)21)10-17-9-13-7-4-6-12-5-2-3-8-14(12)13/h2-8,15,17H,9-10H2,1H3,(H,18,19)(H,20,21). The molecule has 0 aromatic heterocycles. The van der Waals surface area contributed by atoms with Crippen LogP contribution >= 0.6 is 0 Å². The summed E-state index contributed by atoms with van der Waals surface area (Å²) in [5, 5.41) is 16.8. The summed E-state index contributed by atoms with van der Waals surface area (Å²) in [6, 6.07) is 13.1. The van der Waals surface area contributed by atoms with Gasteiger partial charge in [0, 0.05) is 20.0 Å². The maximum atomic E-state index is 11.0. The Morgan fingerprint density at radius 1 is 1.14 bits per heavy atom. The SMILES string of the molecule is CC(=O)NC(CNCc1cccc2ccccc12)C(=O)O. The number of aliphatic carboxylic acids is 1. The highest BCUT2D eigenvalue weighted by atomic mass is 16.4. The van der Waals surface area contributed by atoms with E-state index >= 15 is 0 Å². The molecule has 0 aliphatic heterocycles. The molecule has 21 heavy (non-hydrogen) atoms. The lowest BCUT2D eigenvalue weighted by Gasteiger charge is -2.14. The fraction of sp³-hybridized carbons (Fsp3) is 0.250. The third-order valence-electron chi connectivity index (χ3n) is 3.22. The molecule has 0 aliphatic carbocycles. The predicted octanol–water partition coefficient (Wildman–Crippen LogP) is 1.52. The number of hydrogen-bond acceptors (Lipinski definition) is 3. The Kier molecular flexibility index (Phi) is 4.90. The molecule has 2 aromatic carbocycles. The van der Waals surface area contributed by atoms with Gasteiger partial charge in [0.05, 0.1) is 0 Å². The van der Waals surface area contributed by atoms with Gasteiger partial charge in [-0.15, -0.1) is 0 Å². The number of fused-ring (bicyclic) bond motifs is 1. The van der Waals surface area contributed by atoms with E-state index in [-0.39, 0.29) is 12.5 Å². The predicted molar refractivity (Wildman–Crippen MR) is 80.9 cm³/mol. The van der Waals surface area contributed by atoms with Gasteiger partial charge < -0.3 is 15.7 Å². The highest BCUT2D eigenvalue weighted by Gasteiger charge is 2.17. The molecule has 2 aromatic rings. The number of carboxylic acids is 1. The molecule has 1 atom stereocenters. The molecule has 0 heterocycles. The lowest BCUT2D eigenvalue weighted by atomic mass is 10.0. The van der Waals surface area contributed by atoms with Crippen LogP contribution in [0.1, 0.15) is 12.5 Å². The molecular weight excluding hydrogens is 268 g/mol. The molecule has 0 saturated carbocycles. The summed E-state index contributed by atoms with van der Waals surface area (Å²) < 4.78 is 0. The van der Waals surface area contributed by atoms with E-state index in [0.29, 0.717) is 6.54 Å². The van der Waals surface area contributed by atoms with Crippen molar-refractivity contribution >= 4 is 22.6 Å². The van der Waals surface area contributed by atoms with Crippen LogP contribution in [0.5, 0.6) is 0 Å². The van der Waals surface area contributed by atoms with Gasteiger partial charge in [-0.2, -0.15) is 0 Å². The molecule has 1 unspecified atom stereocenters. The fourth-order valence-electron chi connectivity index (χ4n) is 2.24. The summed E-state index contributed by atoms with van der Waals surface area (Å²) in [5.74, 6) is -1.40. The number of benzene rings is 2. The zero-order valence-electron chi connectivity index (χ0n) is 11.8. The van der Waals surface area contributed by atoms with E-state index in [0.717, 1.165) is 16.3 Å². The largest absolute Gasteiger partial charge is 0.480 e. The smallest absolute Gasteiger partial charge is 0.327 e. The van der Waals surface area contributed by atoms with E-state index in [9.17, 15) is 9.59 Å². The normalized spacial score (nSPS) is 12.0. The molecule has 0 fully saturated rings. The molecule has 0 bridgehead atoms. The first-order valence-corrected chi connectivity index (χ1v) is 6.75. The minimum Gasteiger partial charge on any atom is -0.480 e. The second-order valence-corrected chi connectivity index (χ2v) is 4.86. The summed E-state index contributed by atoms with van der Waals surface area (Å²) in [6.07, 6.45) is 0. The summed E-state index contributed by atoms with van der Waals surface area (Å²) in [5.41, 5.74) is 1.10. The lowest BCUT2D eigenvalue weighted by Crippen LogP contribution is -2.46. The second kappa shape index (κ2) is 6.85. The van der Waals surface area contributed by atoms with Crippen molar-refractivity contribution in [1.82, 2.24) is 10.6 Å². The first-order valence-electron chi connectivity index (χ1n) is 6.75. The van der Waals surface area contributed by atoms with Gasteiger partial charge in [-0.05, 0) is 16.3 Å². The molecule has 0 spiro atoms. The summed E-state index contributed by atoms with van der Waals surface area (Å²) in [6.45, 7) is 2.03. The van der Waals surface area contributed by atoms with Gasteiger partial charge in [-0.1, -0.05) is 42.5 Å². The summed E-state index contributed by atoms with van der Waals surface area (Å²) in [7, 11) is 0. The van der Waals surface area contributed by atoms with Gasteiger partial charge in [0.2, 0.25) is 5.91 Å². The monoisotopic (exact) mass is 286 g/mol. The molecule has 0 saturated heterocycles. The third kappa shape index (κ3) is 4.03. The van der Waals surface area contributed by atoms with Crippen molar-refractivity contribution in [3.8, 4) is 0 Å². The number of rotatable bonds is 6.